The number of rotatable bonds is 5. The van der Waals surface area contributed by atoms with Gasteiger partial charge in [0.05, 0.1) is 5.69 Å². The van der Waals surface area contributed by atoms with E-state index in [0.29, 0.717) is 17.2 Å². The molecule has 0 aliphatic carbocycles. The first-order chi connectivity index (χ1) is 17.1. The second-order valence-electron chi connectivity index (χ2n) is 10.2. The number of hydrogen-bond donors (Lipinski definition) is 0. The van der Waals surface area contributed by atoms with Crippen molar-refractivity contribution in [3.05, 3.63) is 58.7 Å². The molecule has 3 aromatic rings. The molecule has 0 saturated heterocycles. The maximum absolute atomic E-state index is 13.7. The average Bonchev–Trinajstić information content (AvgIpc) is 3.41. The Morgan fingerprint density at radius 3 is 2.43 bits per heavy atom. The van der Waals surface area contributed by atoms with Gasteiger partial charge in [-0.2, -0.15) is 18.3 Å². The summed E-state index contributed by atoms with van der Waals surface area (Å²) in [6.07, 6.45) is -4.79. The third-order valence-electron chi connectivity index (χ3n) is 6.60. The van der Waals surface area contributed by atoms with Crippen molar-refractivity contribution in [2.45, 2.75) is 45.1 Å². The number of benzene rings is 2. The van der Waals surface area contributed by atoms with E-state index in [1.54, 1.807) is 43.4 Å². The van der Waals surface area contributed by atoms with Crippen LogP contribution in [0.2, 0.25) is 23.2 Å². The fourth-order valence-corrected chi connectivity index (χ4v) is 4.70. The van der Waals surface area contributed by atoms with Crippen LogP contribution in [0.4, 0.5) is 18.9 Å². The van der Waals surface area contributed by atoms with Crippen molar-refractivity contribution in [1.82, 2.24) is 9.78 Å². The van der Waals surface area contributed by atoms with Crippen LogP contribution in [0, 0.1) is 0 Å². The van der Waals surface area contributed by atoms with E-state index >= 15 is 0 Å². The molecule has 0 fully saturated rings. The highest BCUT2D eigenvalue weighted by molar-refractivity contribution is 6.74. The Morgan fingerprint density at radius 2 is 1.78 bits per heavy atom. The van der Waals surface area contributed by atoms with Gasteiger partial charge in [-0.1, -0.05) is 38.4 Å². The molecule has 1 aromatic heterocycles. The zero-order valence-corrected chi connectivity index (χ0v) is 23.0. The molecule has 0 saturated carbocycles. The molecule has 2 heterocycles. The van der Waals surface area contributed by atoms with E-state index in [9.17, 15) is 18.0 Å². The van der Waals surface area contributed by atoms with Gasteiger partial charge in [0.15, 0.2) is 17.2 Å². The molecule has 1 aliphatic heterocycles. The smallest absolute Gasteiger partial charge is 0.436 e. The Balaban J connectivity index is 1.74. The highest BCUT2D eigenvalue weighted by Crippen LogP contribution is 2.44. The van der Waals surface area contributed by atoms with Crippen LogP contribution in [0.25, 0.3) is 5.69 Å². The number of carbonyl (C=O) groups excluding carboxylic acids is 1. The minimum Gasteiger partial charge on any atom is -0.529 e. The van der Waals surface area contributed by atoms with Crippen molar-refractivity contribution < 1.29 is 31.9 Å². The second-order valence-corrected chi connectivity index (χ2v) is 15.3. The summed E-state index contributed by atoms with van der Waals surface area (Å²) in [5, 5.41) is 2.83. The number of nitrogens with zero attached hydrogens (tertiary/aromatic N) is 3. The van der Waals surface area contributed by atoms with Gasteiger partial charge in [0.25, 0.3) is 14.2 Å². The Labute approximate surface area is 218 Å². The third-order valence-corrected chi connectivity index (χ3v) is 11.3. The van der Waals surface area contributed by atoms with Crippen LogP contribution < -0.4 is 18.8 Å². The van der Waals surface area contributed by atoms with Crippen molar-refractivity contribution >= 4 is 31.5 Å². The van der Waals surface area contributed by atoms with Crippen molar-refractivity contribution in [2.24, 2.45) is 0 Å². The molecule has 0 N–H and O–H groups in total. The van der Waals surface area contributed by atoms with Crippen molar-refractivity contribution in [1.29, 1.82) is 0 Å². The van der Waals surface area contributed by atoms with Crippen LogP contribution in [0.1, 0.15) is 36.8 Å². The number of halogens is 4. The van der Waals surface area contributed by atoms with Crippen LogP contribution in [0.15, 0.2) is 42.5 Å². The van der Waals surface area contributed by atoms with Gasteiger partial charge in [0.2, 0.25) is 12.7 Å². The predicted molar refractivity (Wildman–Crippen MR) is 137 cm³/mol. The van der Waals surface area contributed by atoms with Gasteiger partial charge in [-0.15, -0.1) is 0 Å². The molecule has 198 valence electrons. The molecule has 12 heteroatoms. The highest BCUT2D eigenvalue weighted by Gasteiger charge is 2.44. The first-order valence-electron chi connectivity index (χ1n) is 11.4. The van der Waals surface area contributed by atoms with Crippen LogP contribution >= 0.6 is 11.6 Å². The molecule has 0 atom stereocenters. The van der Waals surface area contributed by atoms with Crippen molar-refractivity contribution in [3.8, 4) is 23.1 Å². The number of carbonyl (C=O) groups is 1. The fourth-order valence-electron chi connectivity index (χ4n) is 3.40. The van der Waals surface area contributed by atoms with Crippen molar-refractivity contribution in [3.63, 3.8) is 0 Å². The number of hydrogen-bond acceptors (Lipinski definition) is 5. The fraction of sp³-hybridized carbons (Fsp3) is 0.360. The third kappa shape index (κ3) is 5.15. The number of anilines is 1. The Bertz CT molecular complexity index is 1350. The van der Waals surface area contributed by atoms with E-state index in [0.717, 1.165) is 4.68 Å². The molecule has 1 aliphatic rings. The van der Waals surface area contributed by atoms with Gasteiger partial charge >= 0.3 is 6.18 Å². The lowest BCUT2D eigenvalue weighted by Crippen LogP contribution is -2.44. The largest absolute Gasteiger partial charge is 0.529 e. The SMILES string of the molecule is CN(C(=O)c1cccc(-n2nc(C(F)(F)F)c(Cl)c2O[Si](C)(C)C(C)(C)C)c1)c1ccc2c(c1)OCO2. The lowest BCUT2D eigenvalue weighted by atomic mass is 10.1. The quantitative estimate of drug-likeness (QED) is 0.320. The van der Waals surface area contributed by atoms with E-state index in [-0.39, 0.29) is 34.9 Å². The standard InChI is InChI=1S/C25H27ClF3N3O4Si/c1-24(2,3)37(5,6)36-23-20(26)21(25(27,28)29)30-32(23)17-9-7-8-15(12-17)22(33)31(4)16-10-11-18-19(13-16)35-14-34-18/h7-13H,14H2,1-6H3. The summed E-state index contributed by atoms with van der Waals surface area (Å²) in [4.78, 5) is 14.7. The molecule has 0 unspecified atom stereocenters. The summed E-state index contributed by atoms with van der Waals surface area (Å²) in [6.45, 7) is 9.78. The molecule has 1 amide bonds. The van der Waals surface area contributed by atoms with Crippen LogP contribution in [0.5, 0.6) is 17.4 Å². The summed E-state index contributed by atoms with van der Waals surface area (Å²) >= 11 is 6.20. The second kappa shape index (κ2) is 9.28. The van der Waals surface area contributed by atoms with Gasteiger partial charge in [0.1, 0.15) is 5.02 Å². The summed E-state index contributed by atoms with van der Waals surface area (Å²) in [6, 6.07) is 11.2. The molecular formula is C25H27ClF3N3O4Si. The van der Waals surface area contributed by atoms with Gasteiger partial charge in [-0.3, -0.25) is 4.79 Å². The van der Waals surface area contributed by atoms with Gasteiger partial charge < -0.3 is 18.8 Å². The van der Waals surface area contributed by atoms with Gasteiger partial charge in [0, 0.05) is 24.4 Å². The molecule has 37 heavy (non-hydrogen) atoms. The van der Waals surface area contributed by atoms with E-state index in [4.69, 9.17) is 25.5 Å². The number of aromatic nitrogens is 2. The number of alkyl halides is 3. The Kier molecular flexibility index (Phi) is 6.74. The molecule has 7 nitrogen and oxygen atoms in total. The van der Waals surface area contributed by atoms with Crippen LogP contribution in [-0.2, 0) is 6.18 Å². The minimum absolute atomic E-state index is 0.101. The van der Waals surface area contributed by atoms with E-state index in [1.165, 1.54) is 11.0 Å². The molecule has 4 rings (SSSR count). The molecule has 2 aromatic carbocycles. The zero-order valence-electron chi connectivity index (χ0n) is 21.2. The van der Waals surface area contributed by atoms with Crippen LogP contribution in [-0.4, -0.2) is 37.8 Å². The molecular weight excluding hydrogens is 527 g/mol. The summed E-state index contributed by atoms with van der Waals surface area (Å²) in [5.41, 5.74) is -0.257. The summed E-state index contributed by atoms with van der Waals surface area (Å²) < 4.78 is 59.1. The topological polar surface area (TPSA) is 65.8 Å². The Morgan fingerprint density at radius 1 is 1.11 bits per heavy atom. The minimum atomic E-state index is -4.79. The lowest BCUT2D eigenvalue weighted by Gasteiger charge is -2.36. The van der Waals surface area contributed by atoms with Gasteiger partial charge in [-0.25, -0.2) is 4.68 Å². The normalized spacial score (nSPS) is 13.6. The number of ether oxygens (including phenoxy) is 2. The molecule has 0 bridgehead atoms. The monoisotopic (exact) mass is 553 g/mol. The van der Waals surface area contributed by atoms with E-state index in [1.807, 2.05) is 33.9 Å². The Hall–Kier alpha value is -3.18. The van der Waals surface area contributed by atoms with E-state index < -0.39 is 25.2 Å². The lowest BCUT2D eigenvalue weighted by molar-refractivity contribution is -0.141. The first-order valence-corrected chi connectivity index (χ1v) is 14.7. The van der Waals surface area contributed by atoms with Gasteiger partial charge in [-0.05, 0) is 48.5 Å². The summed E-state index contributed by atoms with van der Waals surface area (Å²) in [5.74, 6) is 0.511. The number of amides is 1. The molecule has 0 spiro atoms. The average molecular weight is 554 g/mol. The number of fused-ring (bicyclic) bond motifs is 1. The highest BCUT2D eigenvalue weighted by atomic mass is 35.5. The molecule has 0 radical (unpaired) electrons. The zero-order chi connectivity index (χ0) is 27.3. The first kappa shape index (κ1) is 26.9. The summed E-state index contributed by atoms with van der Waals surface area (Å²) in [7, 11) is -1.01. The maximum Gasteiger partial charge on any atom is 0.436 e. The maximum atomic E-state index is 13.7. The predicted octanol–water partition coefficient (Wildman–Crippen LogP) is 6.93. The van der Waals surface area contributed by atoms with Crippen LogP contribution in [0.3, 0.4) is 0 Å². The van der Waals surface area contributed by atoms with E-state index in [2.05, 4.69) is 5.10 Å². The van der Waals surface area contributed by atoms with Crippen molar-refractivity contribution in [2.75, 3.05) is 18.7 Å².